The first-order chi connectivity index (χ1) is 21.7. The molecular weight excluding hydrogens is 596 g/mol. The second kappa shape index (κ2) is 9.77. The molecule has 9 rings (SSSR count). The molecule has 0 fully saturated rings. The van der Waals surface area contributed by atoms with Crippen LogP contribution in [0.3, 0.4) is 0 Å². The van der Waals surface area contributed by atoms with Gasteiger partial charge in [-0.15, -0.1) is 0 Å². The Hall–Kier alpha value is -4.98. The third-order valence-electron chi connectivity index (χ3n) is 9.55. The summed E-state index contributed by atoms with van der Waals surface area (Å²) in [4.78, 5) is 0. The van der Waals surface area contributed by atoms with Gasteiger partial charge in [0.2, 0.25) is 0 Å². The zero-order valence-electron chi connectivity index (χ0n) is 24.0. The van der Waals surface area contributed by atoms with Crippen LogP contribution in [-0.4, -0.2) is 0 Å². The lowest BCUT2D eigenvalue weighted by molar-refractivity contribution is 0.794. The first-order valence-electron chi connectivity index (χ1n) is 15.1. The summed E-state index contributed by atoms with van der Waals surface area (Å²) in [5, 5.41) is 0. The molecule has 0 N–H and O–H groups in total. The highest BCUT2D eigenvalue weighted by Gasteiger charge is 2.51. The molecule has 7 aromatic carbocycles. The molecular formula is C43H27Br. The van der Waals surface area contributed by atoms with E-state index in [-0.39, 0.29) is 5.41 Å². The summed E-state index contributed by atoms with van der Waals surface area (Å²) < 4.78 is 1.09. The molecule has 0 bridgehead atoms. The van der Waals surface area contributed by atoms with Crippen molar-refractivity contribution in [1.82, 2.24) is 0 Å². The van der Waals surface area contributed by atoms with Gasteiger partial charge < -0.3 is 0 Å². The molecule has 206 valence electrons. The van der Waals surface area contributed by atoms with Crippen molar-refractivity contribution in [3.8, 4) is 55.6 Å². The highest BCUT2D eigenvalue weighted by atomic mass is 79.9. The third kappa shape index (κ3) is 3.63. The van der Waals surface area contributed by atoms with E-state index < -0.39 is 0 Å². The summed E-state index contributed by atoms with van der Waals surface area (Å²) in [7, 11) is 0. The van der Waals surface area contributed by atoms with Crippen LogP contribution in [0.5, 0.6) is 0 Å². The number of hydrogen-bond acceptors (Lipinski definition) is 0. The van der Waals surface area contributed by atoms with E-state index in [0.717, 1.165) is 4.47 Å². The van der Waals surface area contributed by atoms with Crippen molar-refractivity contribution in [2.24, 2.45) is 0 Å². The molecule has 44 heavy (non-hydrogen) atoms. The fraction of sp³-hybridized carbons (Fsp3) is 0.0233. The Morgan fingerprint density at radius 1 is 0.295 bits per heavy atom. The lowest BCUT2D eigenvalue weighted by atomic mass is 9.70. The van der Waals surface area contributed by atoms with Crippen LogP contribution in [0.15, 0.2) is 168 Å². The maximum absolute atomic E-state index is 3.63. The van der Waals surface area contributed by atoms with Gasteiger partial charge in [0.15, 0.2) is 0 Å². The van der Waals surface area contributed by atoms with Gasteiger partial charge in [-0.1, -0.05) is 149 Å². The second-order valence-electron chi connectivity index (χ2n) is 11.8. The Morgan fingerprint density at radius 2 is 0.682 bits per heavy atom. The number of fused-ring (bicyclic) bond motifs is 10. The highest BCUT2D eigenvalue weighted by molar-refractivity contribution is 9.10. The van der Waals surface area contributed by atoms with Gasteiger partial charge >= 0.3 is 0 Å². The van der Waals surface area contributed by atoms with E-state index in [1.807, 2.05) is 0 Å². The van der Waals surface area contributed by atoms with Gasteiger partial charge in [0.25, 0.3) is 0 Å². The summed E-state index contributed by atoms with van der Waals surface area (Å²) >= 11 is 3.63. The van der Waals surface area contributed by atoms with Crippen molar-refractivity contribution in [2.75, 3.05) is 0 Å². The van der Waals surface area contributed by atoms with E-state index in [1.54, 1.807) is 0 Å². The van der Waals surface area contributed by atoms with E-state index in [0.29, 0.717) is 0 Å². The van der Waals surface area contributed by atoms with Crippen molar-refractivity contribution >= 4 is 15.9 Å². The topological polar surface area (TPSA) is 0 Å². The maximum atomic E-state index is 3.63. The van der Waals surface area contributed by atoms with Crippen molar-refractivity contribution in [2.45, 2.75) is 5.41 Å². The SMILES string of the molecule is Brc1cccc(-c2cccc(-c3cccc(-c4ccc5c(c4)C4(c6ccccc6-c6ccccc64)c4ccccc4-5)c3)c2)c1. The molecule has 0 aliphatic heterocycles. The molecule has 0 unspecified atom stereocenters. The molecule has 1 heteroatoms. The van der Waals surface area contributed by atoms with Crippen LogP contribution in [0, 0.1) is 0 Å². The lowest BCUT2D eigenvalue weighted by Crippen LogP contribution is -2.25. The van der Waals surface area contributed by atoms with Gasteiger partial charge in [0.1, 0.15) is 0 Å². The maximum Gasteiger partial charge on any atom is 0.0725 e. The summed E-state index contributed by atoms with van der Waals surface area (Å²) in [6.07, 6.45) is 0. The van der Waals surface area contributed by atoms with Crippen molar-refractivity contribution in [1.29, 1.82) is 0 Å². The normalized spacial score (nSPS) is 13.3. The molecule has 0 amide bonds. The van der Waals surface area contributed by atoms with E-state index in [1.165, 1.54) is 77.9 Å². The minimum Gasteiger partial charge on any atom is -0.0619 e. The molecule has 0 saturated carbocycles. The molecule has 0 radical (unpaired) electrons. The minimum atomic E-state index is -0.328. The van der Waals surface area contributed by atoms with Crippen molar-refractivity contribution < 1.29 is 0 Å². The van der Waals surface area contributed by atoms with Gasteiger partial charge in [-0.05, 0) is 108 Å². The van der Waals surface area contributed by atoms with Crippen LogP contribution in [0.1, 0.15) is 22.3 Å². The predicted molar refractivity (Wildman–Crippen MR) is 187 cm³/mol. The second-order valence-corrected chi connectivity index (χ2v) is 12.7. The fourth-order valence-corrected chi connectivity index (χ4v) is 8.10. The fourth-order valence-electron chi connectivity index (χ4n) is 7.70. The number of halogens is 1. The first kappa shape index (κ1) is 25.5. The van der Waals surface area contributed by atoms with Gasteiger partial charge in [0, 0.05) is 4.47 Å². The van der Waals surface area contributed by atoms with Crippen LogP contribution in [0.2, 0.25) is 0 Å². The molecule has 2 aliphatic carbocycles. The van der Waals surface area contributed by atoms with Crippen LogP contribution in [0.4, 0.5) is 0 Å². The number of hydrogen-bond donors (Lipinski definition) is 0. The average Bonchev–Trinajstić information content (AvgIpc) is 3.56. The van der Waals surface area contributed by atoms with Crippen molar-refractivity contribution in [3.05, 3.63) is 191 Å². The highest BCUT2D eigenvalue weighted by Crippen LogP contribution is 2.63. The molecule has 0 saturated heterocycles. The molecule has 2 aliphatic rings. The molecule has 7 aromatic rings. The Kier molecular flexibility index (Phi) is 5.67. The van der Waals surface area contributed by atoms with Crippen LogP contribution in [0.25, 0.3) is 55.6 Å². The molecule has 1 spiro atoms. The van der Waals surface area contributed by atoms with E-state index in [9.17, 15) is 0 Å². The van der Waals surface area contributed by atoms with Gasteiger partial charge in [-0.25, -0.2) is 0 Å². The average molecular weight is 624 g/mol. The van der Waals surface area contributed by atoms with E-state index >= 15 is 0 Å². The van der Waals surface area contributed by atoms with Gasteiger partial charge in [-0.3, -0.25) is 0 Å². The smallest absolute Gasteiger partial charge is 0.0619 e. The van der Waals surface area contributed by atoms with E-state index in [4.69, 9.17) is 0 Å². The summed E-state index contributed by atoms with van der Waals surface area (Å²) in [5.74, 6) is 0. The molecule has 0 nitrogen and oxygen atoms in total. The Morgan fingerprint density at radius 3 is 1.16 bits per heavy atom. The third-order valence-corrected chi connectivity index (χ3v) is 10.0. The van der Waals surface area contributed by atoms with Crippen LogP contribution >= 0.6 is 15.9 Å². The summed E-state index contributed by atoms with van der Waals surface area (Å²) in [5.41, 5.74) is 17.8. The standard InChI is InChI=1S/C43H27Br/c44-34-15-9-14-32(26-34)30-12-7-10-28(24-30)29-11-8-13-31(25-29)33-22-23-38-37-18-3-6-21-41(37)43(42(38)27-33)39-19-4-1-16-35(39)36-17-2-5-20-40(36)43/h1-27H. The zero-order valence-corrected chi connectivity index (χ0v) is 25.6. The van der Waals surface area contributed by atoms with Gasteiger partial charge in [0.05, 0.1) is 5.41 Å². The molecule has 0 atom stereocenters. The predicted octanol–water partition coefficient (Wildman–Crippen LogP) is 11.8. The van der Waals surface area contributed by atoms with E-state index in [2.05, 4.69) is 180 Å². The Balaban J connectivity index is 1.22. The monoisotopic (exact) mass is 622 g/mol. The van der Waals surface area contributed by atoms with Crippen LogP contribution in [-0.2, 0) is 5.41 Å². The van der Waals surface area contributed by atoms with Gasteiger partial charge in [-0.2, -0.15) is 0 Å². The Labute approximate surface area is 266 Å². The zero-order chi connectivity index (χ0) is 29.3. The molecule has 0 aromatic heterocycles. The quantitative estimate of drug-likeness (QED) is 0.184. The minimum absolute atomic E-state index is 0.328. The summed E-state index contributed by atoms with van der Waals surface area (Å²) in [6, 6.07) is 60.5. The van der Waals surface area contributed by atoms with Crippen molar-refractivity contribution in [3.63, 3.8) is 0 Å². The number of benzene rings is 7. The summed E-state index contributed by atoms with van der Waals surface area (Å²) in [6.45, 7) is 0. The largest absolute Gasteiger partial charge is 0.0725 e. The van der Waals surface area contributed by atoms with Crippen LogP contribution < -0.4 is 0 Å². The molecule has 0 heterocycles. The Bertz CT molecular complexity index is 2190. The lowest BCUT2D eigenvalue weighted by Gasteiger charge is -2.30. The first-order valence-corrected chi connectivity index (χ1v) is 15.9. The number of rotatable bonds is 3.